The number of benzene rings is 2. The van der Waals surface area contributed by atoms with Gasteiger partial charge in [-0.3, -0.25) is 4.79 Å². The normalized spacial score (nSPS) is 14.9. The predicted molar refractivity (Wildman–Crippen MR) is 128 cm³/mol. The number of phenolic OH excluding ortho intramolecular Hbond substituents is 1. The molecule has 158 valence electrons. The van der Waals surface area contributed by atoms with Crippen LogP contribution in [0.4, 0.5) is 10.8 Å². The van der Waals surface area contributed by atoms with Gasteiger partial charge in [0, 0.05) is 29.7 Å². The predicted octanol–water partition coefficient (Wildman–Crippen LogP) is 5.17. The number of phenols is 1. The summed E-state index contributed by atoms with van der Waals surface area (Å²) in [7, 11) is 0. The third-order valence-corrected chi connectivity index (χ3v) is 6.06. The van der Waals surface area contributed by atoms with Gasteiger partial charge >= 0.3 is 0 Å². The van der Waals surface area contributed by atoms with Crippen molar-refractivity contribution in [2.24, 2.45) is 5.10 Å². The maximum absolute atomic E-state index is 13.1. The highest BCUT2D eigenvalue weighted by atomic mass is 32.1. The van der Waals surface area contributed by atoms with Crippen molar-refractivity contribution in [3.8, 4) is 17.0 Å². The van der Waals surface area contributed by atoms with Crippen LogP contribution in [0.3, 0.4) is 0 Å². The van der Waals surface area contributed by atoms with Gasteiger partial charge in [0.25, 0.3) is 5.91 Å². The van der Waals surface area contributed by atoms with Crippen LogP contribution >= 0.6 is 11.3 Å². The summed E-state index contributed by atoms with van der Waals surface area (Å²) in [4.78, 5) is 19.9. The number of hydrogen-bond acceptors (Lipinski definition) is 6. The van der Waals surface area contributed by atoms with Gasteiger partial charge in [-0.2, -0.15) is 10.1 Å². The highest BCUT2D eigenvalue weighted by molar-refractivity contribution is 7.14. The molecule has 0 aliphatic carbocycles. The van der Waals surface area contributed by atoms with E-state index in [2.05, 4.69) is 41.0 Å². The first-order valence-corrected chi connectivity index (χ1v) is 11.1. The van der Waals surface area contributed by atoms with Gasteiger partial charge in [0.2, 0.25) is 5.13 Å². The lowest BCUT2D eigenvalue weighted by Gasteiger charge is -2.20. The molecule has 0 bridgehead atoms. The van der Waals surface area contributed by atoms with E-state index in [1.54, 1.807) is 18.2 Å². The summed E-state index contributed by atoms with van der Waals surface area (Å²) in [5.41, 5.74) is 4.55. The van der Waals surface area contributed by atoms with Gasteiger partial charge in [-0.05, 0) is 56.7 Å². The second kappa shape index (κ2) is 8.73. The van der Waals surface area contributed by atoms with E-state index in [0.29, 0.717) is 27.7 Å². The Kier molecular flexibility index (Phi) is 5.86. The molecule has 0 radical (unpaired) electrons. The van der Waals surface area contributed by atoms with Crippen LogP contribution in [0.2, 0.25) is 0 Å². The Hall–Kier alpha value is -3.45. The zero-order valence-corrected chi connectivity index (χ0v) is 18.6. The largest absolute Gasteiger partial charge is 0.507 e. The molecule has 7 heteroatoms. The van der Waals surface area contributed by atoms with Crippen LogP contribution in [0.25, 0.3) is 17.3 Å². The first-order chi connectivity index (χ1) is 15.0. The average Bonchev–Trinajstić information content (AvgIpc) is 3.36. The van der Waals surface area contributed by atoms with Crippen molar-refractivity contribution >= 4 is 39.9 Å². The van der Waals surface area contributed by atoms with Gasteiger partial charge in [0.15, 0.2) is 0 Å². The van der Waals surface area contributed by atoms with Gasteiger partial charge < -0.3 is 10.0 Å². The van der Waals surface area contributed by atoms with E-state index in [4.69, 9.17) is 0 Å². The Morgan fingerprint density at radius 1 is 1.10 bits per heavy atom. The number of carbonyl (C=O) groups excluding carboxylic acids is 1. The molecule has 0 fully saturated rings. The highest BCUT2D eigenvalue weighted by Crippen LogP contribution is 2.34. The second-order valence-electron chi connectivity index (χ2n) is 7.16. The average molecular weight is 433 g/mol. The molecule has 1 aliphatic heterocycles. The maximum atomic E-state index is 13.1. The van der Waals surface area contributed by atoms with Crippen LogP contribution in [-0.2, 0) is 4.79 Å². The number of aromatic hydroxyl groups is 1. The van der Waals surface area contributed by atoms with Crippen LogP contribution in [0.15, 0.2) is 64.6 Å². The first-order valence-electron chi connectivity index (χ1n) is 10.2. The van der Waals surface area contributed by atoms with Gasteiger partial charge in [0.1, 0.15) is 5.75 Å². The van der Waals surface area contributed by atoms with Crippen LogP contribution in [0.5, 0.6) is 5.75 Å². The lowest BCUT2D eigenvalue weighted by molar-refractivity contribution is -0.114. The quantitative estimate of drug-likeness (QED) is 0.546. The molecule has 0 spiro atoms. The number of aromatic nitrogens is 1. The molecule has 1 N–H and O–H groups in total. The van der Waals surface area contributed by atoms with E-state index in [1.807, 2.05) is 36.6 Å². The smallest absolute Gasteiger partial charge is 0.282 e. The summed E-state index contributed by atoms with van der Waals surface area (Å²) >= 11 is 1.32. The van der Waals surface area contributed by atoms with Gasteiger partial charge in [-0.25, -0.2) is 4.98 Å². The van der Waals surface area contributed by atoms with E-state index >= 15 is 0 Å². The lowest BCUT2D eigenvalue weighted by Crippen LogP contribution is -2.21. The lowest BCUT2D eigenvalue weighted by atomic mass is 10.1. The molecule has 31 heavy (non-hydrogen) atoms. The molecular formula is C24H24N4O2S. The zero-order chi connectivity index (χ0) is 22.0. The fraction of sp³-hybridized carbons (Fsp3) is 0.208. The van der Waals surface area contributed by atoms with E-state index in [-0.39, 0.29) is 11.7 Å². The number of anilines is 2. The molecule has 0 saturated carbocycles. The van der Waals surface area contributed by atoms with Crippen molar-refractivity contribution in [1.82, 2.24) is 4.98 Å². The first kappa shape index (κ1) is 20.8. The van der Waals surface area contributed by atoms with E-state index < -0.39 is 0 Å². The maximum Gasteiger partial charge on any atom is 0.282 e. The third kappa shape index (κ3) is 4.09. The van der Waals surface area contributed by atoms with Crippen molar-refractivity contribution in [3.05, 3.63) is 65.0 Å². The summed E-state index contributed by atoms with van der Waals surface area (Å²) in [6, 6.07) is 15.2. The van der Waals surface area contributed by atoms with Crippen molar-refractivity contribution in [2.75, 3.05) is 23.0 Å². The Balaban J connectivity index is 1.57. The summed E-state index contributed by atoms with van der Waals surface area (Å²) in [5, 5.41) is 18.1. The van der Waals surface area contributed by atoms with Crippen molar-refractivity contribution in [1.29, 1.82) is 0 Å². The van der Waals surface area contributed by atoms with Crippen LogP contribution < -0.4 is 9.91 Å². The van der Waals surface area contributed by atoms with E-state index in [9.17, 15) is 9.90 Å². The third-order valence-electron chi connectivity index (χ3n) is 5.25. The molecule has 2 aromatic carbocycles. The number of rotatable bonds is 6. The molecule has 0 unspecified atom stereocenters. The van der Waals surface area contributed by atoms with Gasteiger partial charge in [-0.15, -0.1) is 11.3 Å². The molecule has 0 atom stereocenters. The SMILES string of the molecule is CCN(CC)c1ccc(/C=C2/C(=O)N(c3nc(-c4ccccc4O)cs3)N=C2C)cc1. The van der Waals surface area contributed by atoms with Crippen LogP contribution in [0, 0.1) is 0 Å². The van der Waals surface area contributed by atoms with Gasteiger partial charge in [-0.1, -0.05) is 24.3 Å². The number of carbonyl (C=O) groups is 1. The van der Waals surface area contributed by atoms with Crippen molar-refractivity contribution < 1.29 is 9.90 Å². The molecule has 1 aromatic heterocycles. The molecule has 2 heterocycles. The number of hydrogen-bond donors (Lipinski definition) is 1. The van der Waals surface area contributed by atoms with Crippen molar-refractivity contribution in [2.45, 2.75) is 20.8 Å². The van der Waals surface area contributed by atoms with Crippen molar-refractivity contribution in [3.63, 3.8) is 0 Å². The second-order valence-corrected chi connectivity index (χ2v) is 7.99. The zero-order valence-electron chi connectivity index (χ0n) is 17.7. The Bertz CT molecular complexity index is 1160. The minimum Gasteiger partial charge on any atom is -0.507 e. The topological polar surface area (TPSA) is 69.0 Å². The number of thiazole rings is 1. The molecule has 3 aromatic rings. The molecule has 6 nitrogen and oxygen atoms in total. The standard InChI is InChI=1S/C24H24N4O2S/c1-4-27(5-2)18-12-10-17(11-13-18)14-20-16(3)26-28(23(20)30)24-25-21(15-31-24)19-8-6-7-9-22(19)29/h6-15,29H,4-5H2,1-3H3/b20-14+. The fourth-order valence-electron chi connectivity index (χ4n) is 3.53. The van der Waals surface area contributed by atoms with E-state index in [0.717, 1.165) is 24.3 Å². The molecule has 4 rings (SSSR count). The number of nitrogens with zero attached hydrogens (tertiary/aromatic N) is 4. The molecule has 1 aliphatic rings. The summed E-state index contributed by atoms with van der Waals surface area (Å²) < 4.78 is 0. The van der Waals surface area contributed by atoms with Gasteiger partial charge in [0.05, 0.1) is 17.0 Å². The fourth-order valence-corrected chi connectivity index (χ4v) is 4.30. The van der Waals surface area contributed by atoms with E-state index in [1.165, 1.54) is 16.3 Å². The minimum atomic E-state index is -0.205. The summed E-state index contributed by atoms with van der Waals surface area (Å²) in [6.07, 6.45) is 1.87. The number of hydrazone groups is 1. The molecular weight excluding hydrogens is 408 g/mol. The van der Waals surface area contributed by atoms with Crippen LogP contribution in [0.1, 0.15) is 26.3 Å². The summed E-state index contributed by atoms with van der Waals surface area (Å²) in [5.74, 6) is -0.0518. The monoisotopic (exact) mass is 432 g/mol. The number of para-hydroxylation sites is 1. The van der Waals surface area contributed by atoms with Crippen LogP contribution in [-0.4, -0.2) is 34.8 Å². The molecule has 0 saturated heterocycles. The summed E-state index contributed by atoms with van der Waals surface area (Å²) in [6.45, 7) is 7.99. The highest BCUT2D eigenvalue weighted by Gasteiger charge is 2.30. The molecule has 1 amide bonds. The Labute approximate surface area is 185 Å². The Morgan fingerprint density at radius 2 is 1.81 bits per heavy atom. The Morgan fingerprint density at radius 3 is 2.48 bits per heavy atom. The number of amides is 1. The minimum absolute atomic E-state index is 0.153.